The molecular weight excluding hydrogens is 1530 g/mol. The third kappa shape index (κ3) is 13.6. The summed E-state index contributed by atoms with van der Waals surface area (Å²) in [5.74, 6) is 0. The second-order valence-electron chi connectivity index (χ2n) is 29.4. The quantitative estimate of drug-likeness (QED) is 0.0895. The number of hydrogen-bond acceptors (Lipinski definition) is 2. The Hall–Kier alpha value is -14.6. The SMILES string of the molecule is FC(F)(F)c1cccc(-c2c3ccccc3c(-c3cccc(C(F)(F)F)c3)c3c(N(c4ccccc4)c4ccc(-n5c6ccccc6c6ccccc65)cc4)cccc23)c1.FC(F)(F)c1cccc(-c2c3ccccc3c(-c3cccc(C(F)(F)F)c3)c3cc(N(c4ccccc4)c4ccc(-n5c6ccccc6c6ccccc65)cc4)ccc23)c1. The van der Waals surface area contributed by atoms with Crippen LogP contribution in [0, 0.1) is 0 Å². The van der Waals surface area contributed by atoms with E-state index in [1.165, 1.54) is 24.3 Å². The Morgan fingerprint density at radius 2 is 0.450 bits per heavy atom. The van der Waals surface area contributed by atoms with Gasteiger partial charge >= 0.3 is 24.7 Å². The highest BCUT2D eigenvalue weighted by Crippen LogP contribution is 2.53. The fourth-order valence-electron chi connectivity index (χ4n) is 17.3. The molecule has 0 aliphatic heterocycles. The van der Waals surface area contributed by atoms with Gasteiger partial charge in [0.2, 0.25) is 0 Å². The van der Waals surface area contributed by atoms with Gasteiger partial charge in [-0.1, -0.05) is 224 Å². The predicted octanol–water partition coefficient (Wildman–Crippen LogP) is 31.9. The predicted molar refractivity (Wildman–Crippen MR) is 463 cm³/mol. The number of alkyl halides is 12. The maximum Gasteiger partial charge on any atom is 0.416 e. The van der Waals surface area contributed by atoms with E-state index in [-0.39, 0.29) is 0 Å². The lowest BCUT2D eigenvalue weighted by Gasteiger charge is -2.29. The summed E-state index contributed by atoms with van der Waals surface area (Å²) in [6.45, 7) is 0. The Morgan fingerprint density at radius 1 is 0.183 bits per heavy atom. The number of para-hydroxylation sites is 6. The lowest BCUT2D eigenvalue weighted by atomic mass is 9.84. The van der Waals surface area contributed by atoms with Crippen molar-refractivity contribution in [2.45, 2.75) is 24.7 Å². The molecule has 0 radical (unpaired) electrons. The summed E-state index contributed by atoms with van der Waals surface area (Å²) in [6.07, 6.45) is -18.4. The highest BCUT2D eigenvalue weighted by Gasteiger charge is 2.36. The monoisotopic (exact) mass is 1600 g/mol. The molecule has 0 atom stereocenters. The zero-order chi connectivity index (χ0) is 82.3. The van der Waals surface area contributed by atoms with Crippen molar-refractivity contribution in [3.63, 3.8) is 0 Å². The van der Waals surface area contributed by atoms with Crippen molar-refractivity contribution >= 4 is 121 Å². The average Bonchev–Trinajstić information content (AvgIpc) is 1.09. The van der Waals surface area contributed by atoms with Gasteiger partial charge in [-0.3, -0.25) is 0 Å². The molecule has 120 heavy (non-hydrogen) atoms. The molecule has 0 saturated heterocycles. The Balaban J connectivity index is 0.000000159. The molecule has 20 aromatic rings. The Kier molecular flexibility index (Phi) is 18.7. The summed E-state index contributed by atoms with van der Waals surface area (Å²) in [5.41, 5.74) is 11.0. The van der Waals surface area contributed by atoms with E-state index in [1.807, 2.05) is 206 Å². The van der Waals surface area contributed by atoms with Gasteiger partial charge in [-0.05, 0) is 246 Å². The minimum absolute atomic E-state index is 0.323. The van der Waals surface area contributed by atoms with Crippen molar-refractivity contribution in [2.75, 3.05) is 9.80 Å². The van der Waals surface area contributed by atoms with Crippen LogP contribution in [0.2, 0.25) is 0 Å². The summed E-state index contributed by atoms with van der Waals surface area (Å²) >= 11 is 0. The molecule has 2 heterocycles. The fraction of sp³-hybridized carbons (Fsp3) is 0.0385. The van der Waals surface area contributed by atoms with Crippen LogP contribution in [0.4, 0.5) is 86.8 Å². The first-order valence-corrected chi connectivity index (χ1v) is 38.6. The van der Waals surface area contributed by atoms with Crippen molar-refractivity contribution in [3.8, 4) is 55.9 Å². The van der Waals surface area contributed by atoms with Gasteiger partial charge in [-0.25, -0.2) is 0 Å². The number of rotatable bonds is 12. The number of halogens is 12. The van der Waals surface area contributed by atoms with E-state index in [0.29, 0.717) is 99.0 Å². The van der Waals surface area contributed by atoms with Crippen molar-refractivity contribution < 1.29 is 52.7 Å². The van der Waals surface area contributed by atoms with Crippen LogP contribution in [0.5, 0.6) is 0 Å². The molecule has 0 N–H and O–H groups in total. The first-order valence-electron chi connectivity index (χ1n) is 38.6. The molecule has 584 valence electrons. The molecule has 16 heteroatoms. The van der Waals surface area contributed by atoms with Crippen LogP contribution in [0.15, 0.2) is 388 Å². The Morgan fingerprint density at radius 3 is 0.825 bits per heavy atom. The van der Waals surface area contributed by atoms with E-state index < -0.39 is 47.0 Å². The van der Waals surface area contributed by atoms with Crippen LogP contribution >= 0.6 is 0 Å². The summed E-state index contributed by atoms with van der Waals surface area (Å²) in [4.78, 5) is 4.13. The van der Waals surface area contributed by atoms with Crippen LogP contribution in [-0.2, 0) is 24.7 Å². The molecule has 0 bridgehead atoms. The minimum atomic E-state index is -4.61. The van der Waals surface area contributed by atoms with E-state index in [2.05, 4.69) is 79.6 Å². The number of fused-ring (bicyclic) bond motifs is 10. The Labute approximate surface area is 679 Å². The van der Waals surface area contributed by atoms with Gasteiger partial charge in [-0.15, -0.1) is 0 Å². The average molecular weight is 1600 g/mol. The van der Waals surface area contributed by atoms with Crippen LogP contribution in [0.25, 0.3) is 143 Å². The zero-order valence-electron chi connectivity index (χ0n) is 63.3. The van der Waals surface area contributed by atoms with Crippen molar-refractivity contribution in [1.29, 1.82) is 0 Å². The molecule has 0 amide bonds. The van der Waals surface area contributed by atoms with E-state index >= 15 is 0 Å². The number of benzene rings is 18. The molecule has 0 unspecified atom stereocenters. The summed E-state index contributed by atoms with van der Waals surface area (Å²) in [5, 5.41) is 9.32. The van der Waals surface area contributed by atoms with Crippen LogP contribution in [0.1, 0.15) is 22.3 Å². The normalized spacial score (nSPS) is 12.2. The standard InChI is InChI=1S/2C52H32F6N2/c53-51(54,55)35-15-10-13-33(31-35)48-42-21-4-5-22-43(42)49(34-14-11-16-36(32-34)52(56,57)58)50-44(48)23-12-26-47(50)59(37-17-2-1-3-18-37)38-27-29-39(30-28-38)60-45-24-8-6-19-40(45)41-20-7-9-25-46(41)60;53-51(54,55)35-14-10-12-33(30-35)49-43-20-4-5-21-44(43)50(34-13-11-15-36(31-34)52(56,57)58)46-32-40(28-29-45(46)49)59(37-16-2-1-3-17-37)38-24-26-39(27-25-38)60-47-22-8-6-18-41(47)42-19-7-9-23-48(42)60/h2*1-32H. The van der Waals surface area contributed by atoms with Crippen LogP contribution in [-0.4, -0.2) is 9.13 Å². The van der Waals surface area contributed by atoms with E-state index in [1.54, 1.807) is 48.5 Å². The number of nitrogens with zero attached hydrogens (tertiary/aromatic N) is 4. The number of aromatic nitrogens is 2. The highest BCUT2D eigenvalue weighted by atomic mass is 19.4. The van der Waals surface area contributed by atoms with Crippen molar-refractivity contribution in [3.05, 3.63) is 411 Å². The van der Waals surface area contributed by atoms with Gasteiger partial charge in [0.1, 0.15) is 0 Å². The Bertz CT molecular complexity index is 7160. The molecule has 18 aromatic carbocycles. The molecule has 0 aliphatic carbocycles. The highest BCUT2D eigenvalue weighted by molar-refractivity contribution is 6.26. The smallest absolute Gasteiger partial charge is 0.310 e. The molecule has 0 spiro atoms. The second kappa shape index (κ2) is 29.8. The van der Waals surface area contributed by atoms with Crippen LogP contribution in [0.3, 0.4) is 0 Å². The zero-order valence-corrected chi connectivity index (χ0v) is 63.3. The molecule has 0 saturated carbocycles. The molecule has 2 aromatic heterocycles. The van der Waals surface area contributed by atoms with Gasteiger partial charge in [0.05, 0.1) is 50.0 Å². The van der Waals surface area contributed by atoms with Gasteiger partial charge in [0, 0.05) is 66.7 Å². The maximum atomic E-state index is 14.4. The summed E-state index contributed by atoms with van der Waals surface area (Å²) < 4.78 is 176. The molecule has 0 aliphatic rings. The minimum Gasteiger partial charge on any atom is -0.310 e. The van der Waals surface area contributed by atoms with E-state index in [9.17, 15) is 52.7 Å². The third-order valence-corrected chi connectivity index (χ3v) is 22.4. The van der Waals surface area contributed by atoms with Crippen LogP contribution < -0.4 is 9.80 Å². The molecule has 4 nitrogen and oxygen atoms in total. The lowest BCUT2D eigenvalue weighted by molar-refractivity contribution is -0.138. The second-order valence-corrected chi connectivity index (χ2v) is 29.4. The maximum absolute atomic E-state index is 14.4. The van der Waals surface area contributed by atoms with E-state index in [4.69, 9.17) is 0 Å². The van der Waals surface area contributed by atoms with Gasteiger partial charge in [-0.2, -0.15) is 52.7 Å². The third-order valence-electron chi connectivity index (χ3n) is 22.4. The number of anilines is 6. The van der Waals surface area contributed by atoms with Crippen molar-refractivity contribution in [1.82, 2.24) is 9.13 Å². The van der Waals surface area contributed by atoms with E-state index in [0.717, 1.165) is 126 Å². The first kappa shape index (κ1) is 75.4. The molecular formula is C104H64F12N4. The largest absolute Gasteiger partial charge is 0.416 e. The summed E-state index contributed by atoms with van der Waals surface area (Å²) in [7, 11) is 0. The topological polar surface area (TPSA) is 16.3 Å². The molecule has 20 rings (SSSR count). The van der Waals surface area contributed by atoms with Gasteiger partial charge in [0.15, 0.2) is 0 Å². The summed E-state index contributed by atoms with van der Waals surface area (Å²) in [6, 6.07) is 115. The van der Waals surface area contributed by atoms with Gasteiger partial charge in [0.25, 0.3) is 0 Å². The molecule has 0 fully saturated rings. The lowest BCUT2D eigenvalue weighted by Crippen LogP contribution is -2.11. The fourth-order valence-corrected chi connectivity index (χ4v) is 17.3. The van der Waals surface area contributed by atoms with Gasteiger partial charge < -0.3 is 18.9 Å². The van der Waals surface area contributed by atoms with Crippen molar-refractivity contribution in [2.24, 2.45) is 0 Å². The first-order chi connectivity index (χ1) is 58.1. The number of hydrogen-bond donors (Lipinski definition) is 0.